The van der Waals surface area contributed by atoms with Crippen LogP contribution in [0.4, 0.5) is 4.39 Å². The van der Waals surface area contributed by atoms with Gasteiger partial charge >= 0.3 is 0 Å². The Morgan fingerprint density at radius 1 is 1.18 bits per heavy atom. The van der Waals surface area contributed by atoms with Crippen LogP contribution in [0.2, 0.25) is 5.02 Å². The van der Waals surface area contributed by atoms with Crippen LogP contribution in [-0.2, 0) is 5.75 Å². The third-order valence-corrected chi connectivity index (χ3v) is 4.03. The molecule has 0 atom stereocenters. The van der Waals surface area contributed by atoms with E-state index in [0.29, 0.717) is 0 Å². The van der Waals surface area contributed by atoms with E-state index in [-0.39, 0.29) is 10.8 Å². The molecule has 0 aliphatic carbocycles. The normalized spacial score (nSPS) is 10.5. The molecule has 0 spiro atoms. The van der Waals surface area contributed by atoms with Crippen LogP contribution < -0.4 is 0 Å². The van der Waals surface area contributed by atoms with Crippen LogP contribution >= 0.6 is 39.3 Å². The van der Waals surface area contributed by atoms with Crippen molar-refractivity contribution >= 4 is 39.3 Å². The van der Waals surface area contributed by atoms with Gasteiger partial charge in [0.25, 0.3) is 0 Å². The van der Waals surface area contributed by atoms with Gasteiger partial charge in [-0.3, -0.25) is 0 Å². The minimum Gasteiger partial charge on any atom is -0.205 e. The molecular weight excluding hydrogens is 323 g/mol. The summed E-state index contributed by atoms with van der Waals surface area (Å²) >= 11 is 10.8. The maximum atomic E-state index is 13.0. The van der Waals surface area contributed by atoms with Crippen molar-refractivity contribution in [2.45, 2.75) is 10.6 Å². The Hall–Kier alpha value is -0.510. The van der Waals surface area contributed by atoms with E-state index in [0.717, 1.165) is 15.1 Å². The summed E-state index contributed by atoms with van der Waals surface area (Å²) < 4.78 is 14.0. The molecule has 17 heavy (non-hydrogen) atoms. The molecule has 0 aliphatic heterocycles. The van der Waals surface area contributed by atoms with Crippen LogP contribution in [0.5, 0.6) is 0 Å². The third kappa shape index (κ3) is 3.73. The van der Waals surface area contributed by atoms with Gasteiger partial charge in [0, 0.05) is 15.1 Å². The summed E-state index contributed by atoms with van der Waals surface area (Å²) in [5, 5.41) is 0.171. The summed E-state index contributed by atoms with van der Waals surface area (Å²) in [7, 11) is 0. The van der Waals surface area contributed by atoms with Crippen LogP contribution in [0, 0.1) is 5.82 Å². The van der Waals surface area contributed by atoms with Crippen LogP contribution in [-0.4, -0.2) is 0 Å². The second-order valence-electron chi connectivity index (χ2n) is 3.49. The Labute approximate surface area is 117 Å². The standard InChI is InChI=1S/C13H9BrClFS/c14-10-3-1-2-9(6-10)8-17-11-4-5-13(16)12(15)7-11/h1-7H,8H2. The number of hydrogen-bond acceptors (Lipinski definition) is 1. The van der Waals surface area contributed by atoms with Crippen LogP contribution in [0.3, 0.4) is 0 Å². The van der Waals surface area contributed by atoms with Crippen molar-refractivity contribution in [3.8, 4) is 0 Å². The summed E-state index contributed by atoms with van der Waals surface area (Å²) in [6.45, 7) is 0. The molecule has 2 rings (SSSR count). The predicted molar refractivity (Wildman–Crippen MR) is 75.1 cm³/mol. The van der Waals surface area contributed by atoms with Crippen molar-refractivity contribution in [1.29, 1.82) is 0 Å². The number of thioether (sulfide) groups is 1. The molecule has 0 radical (unpaired) electrons. The molecular formula is C13H9BrClFS. The van der Waals surface area contributed by atoms with E-state index in [2.05, 4.69) is 28.1 Å². The van der Waals surface area contributed by atoms with Crippen LogP contribution in [0.1, 0.15) is 5.56 Å². The maximum Gasteiger partial charge on any atom is 0.141 e. The van der Waals surface area contributed by atoms with Gasteiger partial charge in [-0.15, -0.1) is 11.8 Å². The molecule has 0 unspecified atom stereocenters. The molecule has 0 saturated carbocycles. The van der Waals surface area contributed by atoms with Gasteiger partial charge in [0.05, 0.1) is 5.02 Å². The predicted octanol–water partition coefficient (Wildman–Crippen LogP) is 5.53. The van der Waals surface area contributed by atoms with Gasteiger partial charge in [-0.1, -0.05) is 39.7 Å². The topological polar surface area (TPSA) is 0 Å². The molecule has 4 heteroatoms. The molecule has 0 fully saturated rings. The first-order valence-electron chi connectivity index (χ1n) is 4.97. The van der Waals surface area contributed by atoms with E-state index in [4.69, 9.17) is 11.6 Å². The smallest absolute Gasteiger partial charge is 0.141 e. The third-order valence-electron chi connectivity index (χ3n) is 2.19. The number of halogens is 3. The lowest BCUT2D eigenvalue weighted by atomic mass is 10.2. The average molecular weight is 332 g/mol. The number of rotatable bonds is 3. The SMILES string of the molecule is Fc1ccc(SCc2cccc(Br)c2)cc1Cl. The lowest BCUT2D eigenvalue weighted by Gasteiger charge is -2.03. The van der Waals surface area contributed by atoms with Gasteiger partial charge < -0.3 is 0 Å². The van der Waals surface area contributed by atoms with Gasteiger partial charge in [0.15, 0.2) is 0 Å². The maximum absolute atomic E-state index is 13.0. The fourth-order valence-corrected chi connectivity index (χ4v) is 2.93. The first-order chi connectivity index (χ1) is 8.15. The highest BCUT2D eigenvalue weighted by molar-refractivity contribution is 9.10. The molecule has 0 amide bonds. The Balaban J connectivity index is 2.05. The van der Waals surface area contributed by atoms with Crippen LogP contribution in [0.15, 0.2) is 51.8 Å². The van der Waals surface area contributed by atoms with Crippen molar-refractivity contribution in [3.63, 3.8) is 0 Å². The fraction of sp³-hybridized carbons (Fsp3) is 0.0769. The highest BCUT2D eigenvalue weighted by atomic mass is 79.9. The minimum atomic E-state index is -0.376. The lowest BCUT2D eigenvalue weighted by molar-refractivity contribution is 0.627. The first-order valence-corrected chi connectivity index (χ1v) is 7.13. The molecule has 0 aliphatic rings. The molecule has 88 valence electrons. The van der Waals surface area contributed by atoms with Crippen molar-refractivity contribution in [2.24, 2.45) is 0 Å². The van der Waals surface area contributed by atoms with E-state index in [9.17, 15) is 4.39 Å². The van der Waals surface area contributed by atoms with Gasteiger partial charge in [-0.25, -0.2) is 4.39 Å². The average Bonchev–Trinajstić information content (AvgIpc) is 2.31. The van der Waals surface area contributed by atoms with Gasteiger partial charge in [0.2, 0.25) is 0 Å². The molecule has 0 aromatic heterocycles. The summed E-state index contributed by atoms with van der Waals surface area (Å²) in [4.78, 5) is 0.969. The van der Waals surface area contributed by atoms with E-state index in [1.807, 2.05) is 12.1 Å². The summed E-state index contributed by atoms with van der Waals surface area (Å²) in [6.07, 6.45) is 0. The van der Waals surface area contributed by atoms with Gasteiger partial charge in [-0.05, 0) is 35.9 Å². The molecule has 0 bridgehead atoms. The quantitative estimate of drug-likeness (QED) is 0.666. The highest BCUT2D eigenvalue weighted by Gasteiger charge is 2.02. The number of benzene rings is 2. The molecule has 2 aromatic carbocycles. The Bertz CT molecular complexity index is 531. The molecule has 0 nitrogen and oxygen atoms in total. The van der Waals surface area contributed by atoms with Crippen molar-refractivity contribution in [3.05, 3.63) is 63.3 Å². The molecule has 0 saturated heterocycles. The largest absolute Gasteiger partial charge is 0.205 e. The minimum absolute atomic E-state index is 0.171. The van der Waals surface area contributed by atoms with Crippen LogP contribution in [0.25, 0.3) is 0 Å². The Morgan fingerprint density at radius 2 is 2.00 bits per heavy atom. The van der Waals surface area contributed by atoms with Gasteiger partial charge in [0.1, 0.15) is 5.82 Å². The Kier molecular flexibility index (Phi) is 4.48. The summed E-state index contributed by atoms with van der Waals surface area (Å²) in [6, 6.07) is 12.9. The molecule has 0 N–H and O–H groups in total. The lowest BCUT2D eigenvalue weighted by Crippen LogP contribution is -1.82. The second-order valence-corrected chi connectivity index (χ2v) is 5.87. The summed E-state index contributed by atoms with van der Waals surface area (Å²) in [5.41, 5.74) is 1.21. The number of hydrogen-bond donors (Lipinski definition) is 0. The fourth-order valence-electron chi connectivity index (χ4n) is 1.36. The monoisotopic (exact) mass is 330 g/mol. The van der Waals surface area contributed by atoms with E-state index in [1.54, 1.807) is 23.9 Å². The van der Waals surface area contributed by atoms with Crippen molar-refractivity contribution in [1.82, 2.24) is 0 Å². The second kappa shape index (κ2) is 5.89. The zero-order chi connectivity index (χ0) is 12.3. The molecule has 0 heterocycles. The zero-order valence-electron chi connectivity index (χ0n) is 8.79. The van der Waals surface area contributed by atoms with E-state index in [1.165, 1.54) is 11.6 Å². The molecule has 2 aromatic rings. The zero-order valence-corrected chi connectivity index (χ0v) is 11.9. The van der Waals surface area contributed by atoms with E-state index < -0.39 is 0 Å². The van der Waals surface area contributed by atoms with Crippen molar-refractivity contribution in [2.75, 3.05) is 0 Å². The first kappa shape index (κ1) is 12.9. The van der Waals surface area contributed by atoms with Crippen molar-refractivity contribution < 1.29 is 4.39 Å². The Morgan fingerprint density at radius 3 is 2.71 bits per heavy atom. The van der Waals surface area contributed by atoms with Gasteiger partial charge in [-0.2, -0.15) is 0 Å². The summed E-state index contributed by atoms with van der Waals surface area (Å²) in [5.74, 6) is 0.458. The highest BCUT2D eigenvalue weighted by Crippen LogP contribution is 2.27. The van der Waals surface area contributed by atoms with E-state index >= 15 is 0 Å².